The van der Waals surface area contributed by atoms with Crippen LogP contribution in [0.1, 0.15) is 10.4 Å². The summed E-state index contributed by atoms with van der Waals surface area (Å²) in [5.74, 6) is -5.06. The fourth-order valence-electron chi connectivity index (χ4n) is 1.90. The molecular weight excluding hydrogens is 327 g/mol. The maximum atomic E-state index is 13.6. The number of benzene rings is 1. The van der Waals surface area contributed by atoms with Crippen molar-refractivity contribution in [3.8, 4) is 0 Å². The molecule has 1 aliphatic heterocycles. The van der Waals surface area contributed by atoms with Crippen LogP contribution in [0.15, 0.2) is 12.1 Å². The summed E-state index contributed by atoms with van der Waals surface area (Å²) >= 11 is 3.24. The van der Waals surface area contributed by atoms with Crippen molar-refractivity contribution in [2.24, 2.45) is 0 Å². The number of amides is 1. The Bertz CT molecular complexity index is 498. The third-order valence-electron chi connectivity index (χ3n) is 2.93. The summed E-state index contributed by atoms with van der Waals surface area (Å²) in [5, 5.41) is 0.462. The smallest absolute Gasteiger partial charge is 0.257 e. The van der Waals surface area contributed by atoms with Gasteiger partial charge >= 0.3 is 0 Å². The minimum Gasteiger partial charge on any atom is -0.377 e. The minimum absolute atomic E-state index is 0.256. The molecule has 1 heterocycles. The van der Waals surface area contributed by atoms with Crippen LogP contribution in [0.4, 0.5) is 13.2 Å². The van der Waals surface area contributed by atoms with E-state index in [0.29, 0.717) is 18.5 Å². The summed E-state index contributed by atoms with van der Waals surface area (Å²) in [4.78, 5) is 13.6. The van der Waals surface area contributed by atoms with Gasteiger partial charge in [-0.1, -0.05) is 15.9 Å². The number of ether oxygens (including phenoxy) is 1. The van der Waals surface area contributed by atoms with Crippen molar-refractivity contribution >= 4 is 21.8 Å². The van der Waals surface area contributed by atoms with Gasteiger partial charge in [0.15, 0.2) is 17.5 Å². The summed E-state index contributed by atoms with van der Waals surface area (Å²) in [5.41, 5.74) is -0.466. The Morgan fingerprint density at radius 2 is 2.11 bits per heavy atom. The van der Waals surface area contributed by atoms with E-state index in [-0.39, 0.29) is 12.6 Å². The number of halogens is 4. The van der Waals surface area contributed by atoms with Crippen LogP contribution in [0.25, 0.3) is 0 Å². The summed E-state index contributed by atoms with van der Waals surface area (Å²) in [6.45, 7) is 0.941. The molecule has 1 aromatic rings. The number of nitrogens with zero attached hydrogens (tertiary/aromatic N) is 1. The largest absolute Gasteiger partial charge is 0.377 e. The van der Waals surface area contributed by atoms with Crippen LogP contribution in [0.2, 0.25) is 0 Å². The molecule has 1 atom stereocenters. The SMILES string of the molecule is O=C(c1ccc(F)c(F)c1F)N1CCOCC1CBr. The van der Waals surface area contributed by atoms with Crippen molar-refractivity contribution in [3.63, 3.8) is 0 Å². The Labute approximate surface area is 116 Å². The number of rotatable bonds is 2. The zero-order valence-electron chi connectivity index (χ0n) is 9.84. The van der Waals surface area contributed by atoms with Crippen LogP contribution in [0.5, 0.6) is 0 Å². The number of morpholine rings is 1. The molecule has 0 saturated carbocycles. The molecule has 1 amide bonds. The second-order valence-electron chi connectivity index (χ2n) is 4.10. The second-order valence-corrected chi connectivity index (χ2v) is 4.75. The van der Waals surface area contributed by atoms with Gasteiger partial charge in [0.05, 0.1) is 24.8 Å². The molecule has 7 heteroatoms. The standard InChI is InChI=1S/C12H11BrF3NO2/c13-5-7-6-19-4-3-17(7)12(18)8-1-2-9(14)11(16)10(8)15/h1-2,7H,3-6H2. The van der Waals surface area contributed by atoms with Crippen molar-refractivity contribution in [1.29, 1.82) is 0 Å². The Morgan fingerprint density at radius 1 is 1.37 bits per heavy atom. The van der Waals surface area contributed by atoms with Gasteiger partial charge in [-0.15, -0.1) is 0 Å². The van der Waals surface area contributed by atoms with E-state index in [1.165, 1.54) is 4.90 Å². The van der Waals surface area contributed by atoms with Gasteiger partial charge in [-0.25, -0.2) is 13.2 Å². The van der Waals surface area contributed by atoms with Crippen molar-refractivity contribution in [2.45, 2.75) is 6.04 Å². The molecule has 1 aliphatic rings. The number of hydrogen-bond donors (Lipinski definition) is 0. The predicted octanol–water partition coefficient (Wildman–Crippen LogP) is 2.34. The molecule has 0 aromatic heterocycles. The lowest BCUT2D eigenvalue weighted by molar-refractivity contribution is 0.00494. The topological polar surface area (TPSA) is 29.5 Å². The lowest BCUT2D eigenvalue weighted by Crippen LogP contribution is -2.49. The lowest BCUT2D eigenvalue weighted by atomic mass is 10.1. The van der Waals surface area contributed by atoms with E-state index >= 15 is 0 Å². The maximum Gasteiger partial charge on any atom is 0.257 e. The minimum atomic E-state index is -1.63. The van der Waals surface area contributed by atoms with E-state index in [9.17, 15) is 18.0 Å². The van der Waals surface area contributed by atoms with Gasteiger partial charge in [0.25, 0.3) is 5.91 Å². The van der Waals surface area contributed by atoms with Crippen LogP contribution in [0, 0.1) is 17.5 Å². The van der Waals surface area contributed by atoms with Gasteiger partial charge in [-0.2, -0.15) is 0 Å². The molecule has 1 unspecified atom stereocenters. The van der Waals surface area contributed by atoms with Gasteiger partial charge in [0.2, 0.25) is 0 Å². The first-order valence-electron chi connectivity index (χ1n) is 5.64. The van der Waals surface area contributed by atoms with Gasteiger partial charge in [-0.05, 0) is 12.1 Å². The van der Waals surface area contributed by atoms with Crippen LogP contribution >= 0.6 is 15.9 Å². The highest BCUT2D eigenvalue weighted by Gasteiger charge is 2.30. The zero-order valence-corrected chi connectivity index (χ0v) is 11.4. The average molecular weight is 338 g/mol. The summed E-state index contributed by atoms with van der Waals surface area (Å²) in [7, 11) is 0. The third kappa shape index (κ3) is 2.76. The second kappa shape index (κ2) is 5.92. The zero-order chi connectivity index (χ0) is 14.0. The Kier molecular flexibility index (Phi) is 4.46. The van der Waals surface area contributed by atoms with Crippen molar-refractivity contribution < 1.29 is 22.7 Å². The molecule has 0 spiro atoms. The fourth-order valence-corrected chi connectivity index (χ4v) is 2.43. The molecule has 1 fully saturated rings. The van der Waals surface area contributed by atoms with E-state index in [2.05, 4.69) is 15.9 Å². The van der Waals surface area contributed by atoms with Crippen LogP contribution in [-0.4, -0.2) is 41.9 Å². The molecule has 3 nitrogen and oxygen atoms in total. The highest BCUT2D eigenvalue weighted by atomic mass is 79.9. The first kappa shape index (κ1) is 14.3. The quantitative estimate of drug-likeness (QED) is 0.612. The van der Waals surface area contributed by atoms with Gasteiger partial charge in [0, 0.05) is 11.9 Å². The summed E-state index contributed by atoms with van der Waals surface area (Å²) < 4.78 is 44.8. The first-order chi connectivity index (χ1) is 9.06. The van der Waals surface area contributed by atoms with Crippen molar-refractivity contribution in [3.05, 3.63) is 35.1 Å². The number of carbonyl (C=O) groups excluding carboxylic acids is 1. The maximum absolute atomic E-state index is 13.6. The molecule has 0 aliphatic carbocycles. The monoisotopic (exact) mass is 337 g/mol. The lowest BCUT2D eigenvalue weighted by Gasteiger charge is -2.34. The fraction of sp³-hybridized carbons (Fsp3) is 0.417. The van der Waals surface area contributed by atoms with Crippen LogP contribution in [-0.2, 0) is 4.74 Å². The van der Waals surface area contributed by atoms with Crippen molar-refractivity contribution in [2.75, 3.05) is 25.1 Å². The molecule has 0 radical (unpaired) electrons. The summed E-state index contributed by atoms with van der Waals surface area (Å²) in [6, 6.07) is 1.44. The van der Waals surface area contributed by atoms with Crippen LogP contribution < -0.4 is 0 Å². The number of alkyl halides is 1. The van der Waals surface area contributed by atoms with E-state index in [4.69, 9.17) is 4.74 Å². The van der Waals surface area contributed by atoms with Gasteiger partial charge in [-0.3, -0.25) is 4.79 Å². The molecule has 0 bridgehead atoms. The van der Waals surface area contributed by atoms with E-state index in [1.807, 2.05) is 0 Å². The normalized spacial score (nSPS) is 19.6. The highest BCUT2D eigenvalue weighted by Crippen LogP contribution is 2.19. The van der Waals surface area contributed by atoms with E-state index < -0.39 is 28.9 Å². The number of hydrogen-bond acceptors (Lipinski definition) is 2. The van der Waals surface area contributed by atoms with Gasteiger partial charge in [0.1, 0.15) is 0 Å². The number of carbonyl (C=O) groups is 1. The molecule has 1 saturated heterocycles. The third-order valence-corrected chi connectivity index (χ3v) is 3.68. The first-order valence-corrected chi connectivity index (χ1v) is 6.76. The molecule has 19 heavy (non-hydrogen) atoms. The Morgan fingerprint density at radius 3 is 2.79 bits per heavy atom. The molecule has 1 aromatic carbocycles. The predicted molar refractivity (Wildman–Crippen MR) is 65.8 cm³/mol. The summed E-state index contributed by atoms with van der Waals surface area (Å²) in [6.07, 6.45) is 0. The molecule has 2 rings (SSSR count). The molecule has 104 valence electrons. The van der Waals surface area contributed by atoms with Crippen LogP contribution in [0.3, 0.4) is 0 Å². The highest BCUT2D eigenvalue weighted by molar-refractivity contribution is 9.09. The van der Waals surface area contributed by atoms with Crippen molar-refractivity contribution in [1.82, 2.24) is 4.90 Å². The van der Waals surface area contributed by atoms with E-state index in [1.54, 1.807) is 0 Å². The average Bonchev–Trinajstić information content (AvgIpc) is 2.44. The van der Waals surface area contributed by atoms with Gasteiger partial charge < -0.3 is 9.64 Å². The molecule has 0 N–H and O–H groups in total. The molecular formula is C12H11BrF3NO2. The van der Waals surface area contributed by atoms with E-state index in [0.717, 1.165) is 12.1 Å². The Hall–Kier alpha value is -1.08. The Balaban J connectivity index is 2.31.